The molecule has 0 saturated carbocycles. The van der Waals surface area contributed by atoms with Gasteiger partial charge >= 0.3 is 0 Å². The number of hydrogen-bond acceptors (Lipinski definition) is 4. The summed E-state index contributed by atoms with van der Waals surface area (Å²) < 4.78 is 0. The molecule has 3 N–H and O–H groups in total. The fourth-order valence-electron chi connectivity index (χ4n) is 1.30. The van der Waals surface area contributed by atoms with Gasteiger partial charge in [0.2, 0.25) is 5.91 Å². The average molecular weight is 232 g/mol. The summed E-state index contributed by atoms with van der Waals surface area (Å²) in [6.07, 6.45) is -0.454. The fourth-order valence-corrected chi connectivity index (χ4v) is 2.23. The third-order valence-corrected chi connectivity index (χ3v) is 3.55. The lowest BCUT2D eigenvalue weighted by Crippen LogP contribution is -2.50. The molecule has 0 aromatic heterocycles. The van der Waals surface area contributed by atoms with E-state index in [9.17, 15) is 9.90 Å². The van der Waals surface area contributed by atoms with Crippen LogP contribution in [0.5, 0.6) is 0 Å². The van der Waals surface area contributed by atoms with Gasteiger partial charge in [0.15, 0.2) is 0 Å². The maximum absolute atomic E-state index is 11.6. The highest BCUT2D eigenvalue weighted by Crippen LogP contribution is 2.07. The van der Waals surface area contributed by atoms with Crippen molar-refractivity contribution in [1.82, 2.24) is 10.6 Å². The Hall–Kier alpha value is -0.260. The number of nitrogens with one attached hydrogen (secondary N) is 2. The molecule has 1 aliphatic heterocycles. The lowest BCUT2D eigenvalue weighted by molar-refractivity contribution is -0.123. The molecule has 1 fully saturated rings. The zero-order valence-electron chi connectivity index (χ0n) is 9.32. The second-order valence-electron chi connectivity index (χ2n) is 4.14. The second-order valence-corrected chi connectivity index (χ2v) is 5.29. The van der Waals surface area contributed by atoms with Gasteiger partial charge in [-0.15, -0.1) is 0 Å². The molecule has 1 saturated heterocycles. The Morgan fingerprint density at radius 3 is 2.93 bits per heavy atom. The standard InChI is InChI=1S/C10H20N2O2S/c1-7(2)9(13)5-12-10(14)8-6-15-4-3-11-8/h7-9,11,13H,3-6H2,1-2H3,(H,12,14). The van der Waals surface area contributed by atoms with Crippen molar-refractivity contribution in [2.45, 2.75) is 26.0 Å². The number of rotatable bonds is 4. The first-order valence-corrected chi connectivity index (χ1v) is 6.53. The van der Waals surface area contributed by atoms with Gasteiger partial charge in [0, 0.05) is 24.6 Å². The monoisotopic (exact) mass is 232 g/mol. The van der Waals surface area contributed by atoms with Crippen LogP contribution in [0.4, 0.5) is 0 Å². The summed E-state index contributed by atoms with van der Waals surface area (Å²) in [5, 5.41) is 15.5. The van der Waals surface area contributed by atoms with Crippen molar-refractivity contribution in [3.05, 3.63) is 0 Å². The Labute approximate surface area is 95.2 Å². The summed E-state index contributed by atoms with van der Waals surface area (Å²) in [6, 6.07) is -0.0943. The van der Waals surface area contributed by atoms with E-state index in [1.807, 2.05) is 13.8 Å². The quantitative estimate of drug-likeness (QED) is 0.629. The molecule has 0 aromatic rings. The number of carbonyl (C=O) groups excluding carboxylic acids is 1. The zero-order valence-corrected chi connectivity index (χ0v) is 10.1. The van der Waals surface area contributed by atoms with Gasteiger partial charge in [0.1, 0.15) is 0 Å². The number of thioether (sulfide) groups is 1. The van der Waals surface area contributed by atoms with Crippen molar-refractivity contribution in [2.75, 3.05) is 24.6 Å². The summed E-state index contributed by atoms with van der Waals surface area (Å²) in [7, 11) is 0. The van der Waals surface area contributed by atoms with E-state index in [0.717, 1.165) is 18.1 Å². The predicted molar refractivity (Wildman–Crippen MR) is 63.0 cm³/mol. The average Bonchev–Trinajstić information content (AvgIpc) is 2.26. The highest BCUT2D eigenvalue weighted by atomic mass is 32.2. The highest BCUT2D eigenvalue weighted by Gasteiger charge is 2.21. The van der Waals surface area contributed by atoms with E-state index in [0.29, 0.717) is 6.54 Å². The van der Waals surface area contributed by atoms with Gasteiger partial charge in [-0.25, -0.2) is 0 Å². The van der Waals surface area contributed by atoms with Gasteiger partial charge in [0.25, 0.3) is 0 Å². The van der Waals surface area contributed by atoms with Crippen LogP contribution in [0.25, 0.3) is 0 Å². The van der Waals surface area contributed by atoms with E-state index in [2.05, 4.69) is 10.6 Å². The van der Waals surface area contributed by atoms with Crippen LogP contribution in [0, 0.1) is 5.92 Å². The Balaban J connectivity index is 2.22. The van der Waals surface area contributed by atoms with E-state index in [4.69, 9.17) is 0 Å². The van der Waals surface area contributed by atoms with Crippen LogP contribution in [0.3, 0.4) is 0 Å². The lowest BCUT2D eigenvalue weighted by Gasteiger charge is -2.23. The van der Waals surface area contributed by atoms with Crippen LogP contribution in [0.15, 0.2) is 0 Å². The second kappa shape index (κ2) is 6.35. The Bertz CT molecular complexity index is 206. The molecule has 88 valence electrons. The Morgan fingerprint density at radius 2 is 2.40 bits per heavy atom. The first kappa shape index (κ1) is 12.8. The van der Waals surface area contributed by atoms with E-state index in [1.54, 1.807) is 11.8 Å². The first-order chi connectivity index (χ1) is 7.11. The van der Waals surface area contributed by atoms with E-state index >= 15 is 0 Å². The summed E-state index contributed by atoms with van der Waals surface area (Å²) in [6.45, 7) is 5.10. The molecule has 0 radical (unpaired) electrons. The first-order valence-electron chi connectivity index (χ1n) is 5.38. The maximum Gasteiger partial charge on any atom is 0.238 e. The molecular formula is C10H20N2O2S. The van der Waals surface area contributed by atoms with Gasteiger partial charge < -0.3 is 15.7 Å². The van der Waals surface area contributed by atoms with Crippen molar-refractivity contribution >= 4 is 17.7 Å². The molecule has 1 heterocycles. The van der Waals surface area contributed by atoms with Gasteiger partial charge in [-0.2, -0.15) is 11.8 Å². The minimum Gasteiger partial charge on any atom is -0.391 e. The zero-order chi connectivity index (χ0) is 11.3. The molecule has 15 heavy (non-hydrogen) atoms. The largest absolute Gasteiger partial charge is 0.391 e. The van der Waals surface area contributed by atoms with Crippen molar-refractivity contribution in [3.63, 3.8) is 0 Å². The molecule has 1 amide bonds. The summed E-state index contributed by atoms with van der Waals surface area (Å²) >= 11 is 1.79. The number of amides is 1. The summed E-state index contributed by atoms with van der Waals surface area (Å²) in [5.41, 5.74) is 0. The van der Waals surface area contributed by atoms with Crippen molar-refractivity contribution in [1.29, 1.82) is 0 Å². The van der Waals surface area contributed by atoms with E-state index in [1.165, 1.54) is 0 Å². The minimum atomic E-state index is -0.454. The number of aliphatic hydroxyl groups is 1. The Kier molecular flexibility index (Phi) is 5.42. The van der Waals surface area contributed by atoms with Crippen LogP contribution >= 0.6 is 11.8 Å². The van der Waals surface area contributed by atoms with Crippen LogP contribution in [-0.2, 0) is 4.79 Å². The van der Waals surface area contributed by atoms with Gasteiger partial charge in [-0.1, -0.05) is 13.8 Å². The molecule has 1 aliphatic rings. The molecule has 5 heteroatoms. The van der Waals surface area contributed by atoms with Gasteiger partial charge in [-0.3, -0.25) is 4.79 Å². The van der Waals surface area contributed by atoms with Gasteiger partial charge in [-0.05, 0) is 5.92 Å². The van der Waals surface area contributed by atoms with Crippen LogP contribution in [-0.4, -0.2) is 47.8 Å². The molecule has 0 spiro atoms. The number of aliphatic hydroxyl groups excluding tert-OH is 1. The summed E-state index contributed by atoms with van der Waals surface area (Å²) in [4.78, 5) is 11.6. The molecule has 2 atom stereocenters. The van der Waals surface area contributed by atoms with E-state index in [-0.39, 0.29) is 17.9 Å². The lowest BCUT2D eigenvalue weighted by atomic mass is 10.1. The molecule has 0 aliphatic carbocycles. The molecule has 0 aromatic carbocycles. The predicted octanol–water partition coefficient (Wildman–Crippen LogP) is -0.175. The SMILES string of the molecule is CC(C)C(O)CNC(=O)C1CSCCN1. The number of carbonyl (C=O) groups is 1. The minimum absolute atomic E-state index is 0.00176. The third-order valence-electron chi connectivity index (χ3n) is 2.49. The molecule has 0 bridgehead atoms. The third kappa shape index (κ3) is 4.40. The van der Waals surface area contributed by atoms with Gasteiger partial charge in [0.05, 0.1) is 12.1 Å². The van der Waals surface area contributed by atoms with E-state index < -0.39 is 6.10 Å². The topological polar surface area (TPSA) is 61.4 Å². The smallest absolute Gasteiger partial charge is 0.238 e. The molecule has 1 rings (SSSR count). The molecular weight excluding hydrogens is 212 g/mol. The van der Waals surface area contributed by atoms with Crippen molar-refractivity contribution < 1.29 is 9.90 Å². The summed E-state index contributed by atoms with van der Waals surface area (Å²) in [5.74, 6) is 2.07. The molecule has 2 unspecified atom stereocenters. The molecule has 4 nitrogen and oxygen atoms in total. The van der Waals surface area contributed by atoms with Crippen LogP contribution in [0.1, 0.15) is 13.8 Å². The van der Waals surface area contributed by atoms with Crippen molar-refractivity contribution in [2.24, 2.45) is 5.92 Å². The normalized spacial score (nSPS) is 23.9. The number of hydrogen-bond donors (Lipinski definition) is 3. The van der Waals surface area contributed by atoms with Crippen molar-refractivity contribution in [3.8, 4) is 0 Å². The fraction of sp³-hybridized carbons (Fsp3) is 0.900. The maximum atomic E-state index is 11.6. The highest BCUT2D eigenvalue weighted by molar-refractivity contribution is 7.99. The van der Waals surface area contributed by atoms with Crippen LogP contribution in [0.2, 0.25) is 0 Å². The van der Waals surface area contributed by atoms with Crippen LogP contribution < -0.4 is 10.6 Å². The Morgan fingerprint density at radius 1 is 1.67 bits per heavy atom.